The number of methoxy groups -OCH3 is 1. The smallest absolute Gasteiger partial charge is 0.235 e. The van der Waals surface area contributed by atoms with E-state index in [1.54, 1.807) is 19.5 Å². The third-order valence-corrected chi connectivity index (χ3v) is 3.66. The van der Waals surface area contributed by atoms with Crippen LogP contribution in [0.4, 0.5) is 0 Å². The second-order valence-electron chi connectivity index (χ2n) is 4.90. The summed E-state index contributed by atoms with van der Waals surface area (Å²) in [5.74, 6) is 1.13. The number of ether oxygens (including phenoxy) is 1. The van der Waals surface area contributed by atoms with Crippen molar-refractivity contribution in [3.8, 4) is 5.88 Å². The van der Waals surface area contributed by atoms with E-state index in [0.717, 1.165) is 12.2 Å². The van der Waals surface area contributed by atoms with Crippen molar-refractivity contribution in [3.05, 3.63) is 18.1 Å². The highest BCUT2D eigenvalue weighted by atomic mass is 16.5. The third-order valence-electron chi connectivity index (χ3n) is 3.66. The van der Waals surface area contributed by atoms with Crippen LogP contribution >= 0.6 is 0 Å². The molecule has 0 saturated heterocycles. The van der Waals surface area contributed by atoms with E-state index >= 15 is 0 Å². The lowest BCUT2D eigenvalue weighted by atomic mass is 9.82. The summed E-state index contributed by atoms with van der Waals surface area (Å²) in [4.78, 5) is 8.78. The summed E-state index contributed by atoms with van der Waals surface area (Å²) >= 11 is 0. The molecule has 4 heteroatoms. The van der Waals surface area contributed by atoms with Gasteiger partial charge in [-0.1, -0.05) is 19.8 Å². The number of nitrogens with zero attached hydrogens (tertiary/aromatic N) is 2. The molecule has 1 aromatic rings. The molecule has 2 rings (SSSR count). The van der Waals surface area contributed by atoms with Gasteiger partial charge in [-0.25, -0.2) is 4.98 Å². The summed E-state index contributed by atoms with van der Waals surface area (Å²) in [6, 6.07) is 0.518. The number of hydrogen-bond acceptors (Lipinski definition) is 4. The van der Waals surface area contributed by atoms with Crippen molar-refractivity contribution in [2.45, 2.75) is 51.0 Å². The Labute approximate surface area is 109 Å². The van der Waals surface area contributed by atoms with Crippen molar-refractivity contribution < 1.29 is 4.74 Å². The molecule has 1 heterocycles. The molecule has 2 atom stereocenters. The van der Waals surface area contributed by atoms with Crippen LogP contribution in [0.2, 0.25) is 0 Å². The molecule has 4 nitrogen and oxygen atoms in total. The second kappa shape index (κ2) is 6.69. The molecule has 0 aliphatic heterocycles. The first kappa shape index (κ1) is 13.3. The summed E-state index contributed by atoms with van der Waals surface area (Å²) in [5.41, 5.74) is 1.02. The van der Waals surface area contributed by atoms with E-state index in [4.69, 9.17) is 4.74 Å². The molecule has 1 N–H and O–H groups in total. The van der Waals surface area contributed by atoms with Crippen LogP contribution in [0.5, 0.6) is 5.88 Å². The molecule has 2 unspecified atom stereocenters. The zero-order valence-electron chi connectivity index (χ0n) is 11.4. The normalized spacial score (nSPS) is 23.9. The van der Waals surface area contributed by atoms with Gasteiger partial charge in [-0.05, 0) is 25.8 Å². The van der Waals surface area contributed by atoms with E-state index < -0.39 is 0 Å². The van der Waals surface area contributed by atoms with Crippen molar-refractivity contribution in [2.24, 2.45) is 0 Å². The average molecular weight is 249 g/mol. The van der Waals surface area contributed by atoms with Gasteiger partial charge in [-0.2, -0.15) is 0 Å². The molecule has 0 spiro atoms. The first-order chi connectivity index (χ1) is 8.86. The van der Waals surface area contributed by atoms with Gasteiger partial charge in [0.25, 0.3) is 0 Å². The standard InChI is InChI=1S/C14H23N3O/c1-3-8-15-12-7-5-4-6-11(12)13-14(18-2)17-10-9-16-13/h9-12,15H,3-8H2,1-2H3. The predicted molar refractivity (Wildman–Crippen MR) is 71.9 cm³/mol. The number of rotatable bonds is 5. The quantitative estimate of drug-likeness (QED) is 0.871. The Hall–Kier alpha value is -1.16. The van der Waals surface area contributed by atoms with Crippen molar-refractivity contribution in [1.82, 2.24) is 15.3 Å². The van der Waals surface area contributed by atoms with Gasteiger partial charge in [0.2, 0.25) is 5.88 Å². The van der Waals surface area contributed by atoms with Crippen LogP contribution in [0, 0.1) is 0 Å². The molecule has 1 aliphatic rings. The molecule has 1 fully saturated rings. The monoisotopic (exact) mass is 249 g/mol. The zero-order chi connectivity index (χ0) is 12.8. The molecule has 1 saturated carbocycles. The summed E-state index contributed by atoms with van der Waals surface area (Å²) in [5, 5.41) is 3.65. The first-order valence-corrected chi connectivity index (χ1v) is 6.95. The largest absolute Gasteiger partial charge is 0.480 e. The van der Waals surface area contributed by atoms with Gasteiger partial charge in [-0.15, -0.1) is 0 Å². The Morgan fingerprint density at radius 3 is 2.83 bits per heavy atom. The molecule has 0 bridgehead atoms. The van der Waals surface area contributed by atoms with Crippen molar-refractivity contribution in [3.63, 3.8) is 0 Å². The lowest BCUT2D eigenvalue weighted by Crippen LogP contribution is -2.38. The van der Waals surface area contributed by atoms with E-state index in [2.05, 4.69) is 22.2 Å². The Bertz CT molecular complexity index is 370. The Morgan fingerprint density at radius 2 is 2.06 bits per heavy atom. The summed E-state index contributed by atoms with van der Waals surface area (Å²) < 4.78 is 5.35. The maximum absolute atomic E-state index is 5.35. The minimum Gasteiger partial charge on any atom is -0.480 e. The Balaban J connectivity index is 2.16. The maximum atomic E-state index is 5.35. The van der Waals surface area contributed by atoms with Crippen LogP contribution in [-0.4, -0.2) is 29.7 Å². The topological polar surface area (TPSA) is 47.0 Å². The van der Waals surface area contributed by atoms with Gasteiger partial charge in [0.15, 0.2) is 0 Å². The van der Waals surface area contributed by atoms with Gasteiger partial charge < -0.3 is 10.1 Å². The fraction of sp³-hybridized carbons (Fsp3) is 0.714. The maximum Gasteiger partial charge on any atom is 0.235 e. The van der Waals surface area contributed by atoms with Crippen LogP contribution in [0.25, 0.3) is 0 Å². The van der Waals surface area contributed by atoms with E-state index in [1.165, 1.54) is 32.1 Å². The SMILES string of the molecule is CCCNC1CCCCC1c1nccnc1OC. The Morgan fingerprint density at radius 1 is 1.28 bits per heavy atom. The highest BCUT2D eigenvalue weighted by Gasteiger charge is 2.29. The van der Waals surface area contributed by atoms with Crippen molar-refractivity contribution in [1.29, 1.82) is 0 Å². The van der Waals surface area contributed by atoms with E-state index in [9.17, 15) is 0 Å². The van der Waals surface area contributed by atoms with Gasteiger partial charge in [-0.3, -0.25) is 4.98 Å². The van der Waals surface area contributed by atoms with Crippen LogP contribution in [0.3, 0.4) is 0 Å². The van der Waals surface area contributed by atoms with Gasteiger partial charge >= 0.3 is 0 Å². The van der Waals surface area contributed by atoms with Gasteiger partial charge in [0, 0.05) is 24.4 Å². The van der Waals surface area contributed by atoms with Gasteiger partial charge in [0.05, 0.1) is 7.11 Å². The molecule has 0 amide bonds. The molecular weight excluding hydrogens is 226 g/mol. The molecule has 0 aromatic carbocycles. The Kier molecular flexibility index (Phi) is 4.93. The highest BCUT2D eigenvalue weighted by molar-refractivity contribution is 5.24. The average Bonchev–Trinajstić information content (AvgIpc) is 2.45. The lowest BCUT2D eigenvalue weighted by molar-refractivity contribution is 0.308. The second-order valence-corrected chi connectivity index (χ2v) is 4.90. The minimum absolute atomic E-state index is 0.439. The summed E-state index contributed by atoms with van der Waals surface area (Å²) in [6.45, 7) is 3.28. The molecule has 18 heavy (non-hydrogen) atoms. The molecular formula is C14H23N3O. The predicted octanol–water partition coefficient (Wildman–Crippen LogP) is 2.51. The van der Waals surface area contributed by atoms with Crippen LogP contribution in [0.15, 0.2) is 12.4 Å². The van der Waals surface area contributed by atoms with Gasteiger partial charge in [0.1, 0.15) is 5.69 Å². The molecule has 0 radical (unpaired) electrons. The third kappa shape index (κ3) is 2.99. The van der Waals surface area contributed by atoms with Crippen LogP contribution < -0.4 is 10.1 Å². The summed E-state index contributed by atoms with van der Waals surface area (Å²) in [6.07, 6.45) is 9.61. The molecule has 1 aliphatic carbocycles. The number of hydrogen-bond donors (Lipinski definition) is 1. The zero-order valence-corrected chi connectivity index (χ0v) is 11.4. The first-order valence-electron chi connectivity index (χ1n) is 6.95. The summed E-state index contributed by atoms with van der Waals surface area (Å²) in [7, 11) is 1.67. The fourth-order valence-electron chi connectivity index (χ4n) is 2.78. The van der Waals surface area contributed by atoms with Crippen molar-refractivity contribution in [2.75, 3.05) is 13.7 Å². The van der Waals surface area contributed by atoms with Crippen LogP contribution in [0.1, 0.15) is 50.6 Å². The van der Waals surface area contributed by atoms with E-state index in [-0.39, 0.29) is 0 Å². The lowest BCUT2D eigenvalue weighted by Gasteiger charge is -2.32. The highest BCUT2D eigenvalue weighted by Crippen LogP contribution is 2.35. The fourth-order valence-corrected chi connectivity index (χ4v) is 2.78. The van der Waals surface area contributed by atoms with Crippen molar-refractivity contribution >= 4 is 0 Å². The van der Waals surface area contributed by atoms with E-state index in [0.29, 0.717) is 17.8 Å². The number of aromatic nitrogens is 2. The minimum atomic E-state index is 0.439. The van der Waals surface area contributed by atoms with Crippen LogP contribution in [-0.2, 0) is 0 Å². The number of nitrogens with one attached hydrogen (secondary N) is 1. The van der Waals surface area contributed by atoms with E-state index in [1.807, 2.05) is 0 Å². The molecule has 1 aromatic heterocycles. The molecule has 100 valence electrons.